The average Bonchev–Trinajstić information content (AvgIpc) is 3.14. The number of carbonyl (C=O) groups excluding carboxylic acids is 2. The summed E-state index contributed by atoms with van der Waals surface area (Å²) in [7, 11) is 0. The molecule has 0 saturated carbocycles. The van der Waals surface area contributed by atoms with Gasteiger partial charge < -0.3 is 14.6 Å². The van der Waals surface area contributed by atoms with Crippen LogP contribution in [0.4, 0.5) is 0 Å². The van der Waals surface area contributed by atoms with Gasteiger partial charge in [-0.15, -0.1) is 0 Å². The number of nitrogens with zero attached hydrogens (tertiary/aromatic N) is 1. The minimum absolute atomic E-state index is 0.0153. The van der Waals surface area contributed by atoms with Gasteiger partial charge in [0, 0.05) is 32.0 Å². The second kappa shape index (κ2) is 36.8. The summed E-state index contributed by atoms with van der Waals surface area (Å²) in [6, 6.07) is 0.541. The third kappa shape index (κ3) is 29.2. The first kappa shape index (κ1) is 48.9. The molecule has 1 N–H and O–H groups in total. The highest BCUT2D eigenvalue weighted by atomic mass is 16.5. The molecule has 2 unspecified atom stereocenters. The van der Waals surface area contributed by atoms with Crippen molar-refractivity contribution in [1.29, 1.82) is 0 Å². The summed E-state index contributed by atoms with van der Waals surface area (Å²) in [6.07, 6.45) is 40.0. The lowest BCUT2D eigenvalue weighted by atomic mass is 9.87. The van der Waals surface area contributed by atoms with E-state index in [1.807, 2.05) is 0 Å². The second-order valence-corrected chi connectivity index (χ2v) is 16.4. The number of carbonyl (C=O) groups is 2. The fourth-order valence-electron chi connectivity index (χ4n) is 8.17. The van der Waals surface area contributed by atoms with Crippen LogP contribution >= 0.6 is 0 Å². The van der Waals surface area contributed by atoms with Gasteiger partial charge in [-0.1, -0.05) is 156 Å². The number of rotatable bonds is 38. The molecule has 0 aromatic heterocycles. The summed E-state index contributed by atoms with van der Waals surface area (Å²) in [5, 5.41) is 9.76. The Morgan fingerprint density at radius 2 is 1.08 bits per heavy atom. The van der Waals surface area contributed by atoms with E-state index in [0.29, 0.717) is 31.4 Å². The molecule has 308 valence electrons. The normalized spacial score (nSPS) is 16.5. The van der Waals surface area contributed by atoms with Crippen molar-refractivity contribution in [2.75, 3.05) is 26.3 Å². The Morgan fingerprint density at radius 1 is 0.577 bits per heavy atom. The lowest BCUT2D eigenvalue weighted by Gasteiger charge is -2.39. The summed E-state index contributed by atoms with van der Waals surface area (Å²) in [6.45, 7) is 9.34. The minimum Gasteiger partial charge on any atom is -0.466 e. The molecule has 0 radical (unpaired) electrons. The number of esters is 2. The van der Waals surface area contributed by atoms with E-state index >= 15 is 0 Å². The zero-order chi connectivity index (χ0) is 37.7. The third-order valence-electron chi connectivity index (χ3n) is 11.5. The van der Waals surface area contributed by atoms with Crippen LogP contribution in [0.1, 0.15) is 239 Å². The number of unbranched alkanes of at least 4 members (excludes halogenated alkanes) is 21. The molecule has 2 atom stereocenters. The highest BCUT2D eigenvalue weighted by Crippen LogP contribution is 2.29. The van der Waals surface area contributed by atoms with Crippen LogP contribution in [0, 0.1) is 5.92 Å². The number of aliphatic hydroxyl groups excluding tert-OH is 1. The van der Waals surface area contributed by atoms with Crippen LogP contribution in [0.2, 0.25) is 0 Å². The molecule has 6 heteroatoms. The van der Waals surface area contributed by atoms with E-state index in [9.17, 15) is 14.7 Å². The highest BCUT2D eigenvalue weighted by molar-refractivity contribution is 5.69. The fraction of sp³-hybridized carbons (Fsp3) is 0.957. The van der Waals surface area contributed by atoms with E-state index in [-0.39, 0.29) is 24.6 Å². The molecule has 0 aliphatic carbocycles. The zero-order valence-electron chi connectivity index (χ0n) is 35.1. The Labute approximate surface area is 323 Å². The van der Waals surface area contributed by atoms with Gasteiger partial charge in [0.1, 0.15) is 6.10 Å². The van der Waals surface area contributed by atoms with Crippen molar-refractivity contribution in [2.24, 2.45) is 5.92 Å². The van der Waals surface area contributed by atoms with Crippen LogP contribution in [-0.2, 0) is 19.1 Å². The Morgan fingerprint density at radius 3 is 1.65 bits per heavy atom. The molecule has 1 aliphatic rings. The fourth-order valence-corrected chi connectivity index (χ4v) is 8.17. The Kier molecular flexibility index (Phi) is 34.6. The quantitative estimate of drug-likeness (QED) is 0.0502. The van der Waals surface area contributed by atoms with Crippen molar-refractivity contribution < 1.29 is 24.2 Å². The lowest BCUT2D eigenvalue weighted by Crippen LogP contribution is -2.44. The Hall–Kier alpha value is -1.14. The lowest BCUT2D eigenvalue weighted by molar-refractivity contribution is -0.150. The highest BCUT2D eigenvalue weighted by Gasteiger charge is 2.27. The van der Waals surface area contributed by atoms with Crippen molar-refractivity contribution in [1.82, 2.24) is 4.90 Å². The first-order valence-electron chi connectivity index (χ1n) is 23.2. The predicted molar refractivity (Wildman–Crippen MR) is 221 cm³/mol. The maximum atomic E-state index is 12.8. The van der Waals surface area contributed by atoms with E-state index in [0.717, 1.165) is 64.5 Å². The zero-order valence-corrected chi connectivity index (χ0v) is 35.1. The van der Waals surface area contributed by atoms with Gasteiger partial charge >= 0.3 is 11.9 Å². The van der Waals surface area contributed by atoms with Gasteiger partial charge in [-0.05, 0) is 76.5 Å². The molecular weight excluding hydrogens is 647 g/mol. The van der Waals surface area contributed by atoms with E-state index in [1.54, 1.807) is 0 Å². The first-order valence-corrected chi connectivity index (χ1v) is 23.2. The SMILES string of the molecule is CCCCCCCCCCCOC(=O)CCCC1CCC(CCCCCCC(=O)OC(CCCCCCCC)CCCCCCCC)N(CCO)C1. The average molecular weight is 736 g/mol. The van der Waals surface area contributed by atoms with Gasteiger partial charge in [0.2, 0.25) is 0 Å². The topological polar surface area (TPSA) is 76.1 Å². The minimum atomic E-state index is -0.0325. The maximum absolute atomic E-state index is 12.8. The van der Waals surface area contributed by atoms with Crippen molar-refractivity contribution in [3.8, 4) is 0 Å². The number of hydrogen-bond donors (Lipinski definition) is 1. The van der Waals surface area contributed by atoms with Crippen LogP contribution in [0.25, 0.3) is 0 Å². The largest absolute Gasteiger partial charge is 0.466 e. The van der Waals surface area contributed by atoms with Crippen LogP contribution in [-0.4, -0.2) is 60.4 Å². The van der Waals surface area contributed by atoms with Gasteiger partial charge in [0.05, 0.1) is 13.2 Å². The molecule has 1 rings (SSSR count). The van der Waals surface area contributed by atoms with Gasteiger partial charge in [-0.2, -0.15) is 0 Å². The molecule has 0 aromatic rings. The number of hydrogen-bond acceptors (Lipinski definition) is 6. The van der Waals surface area contributed by atoms with E-state index < -0.39 is 0 Å². The molecule has 1 aliphatic heterocycles. The van der Waals surface area contributed by atoms with Crippen molar-refractivity contribution in [3.63, 3.8) is 0 Å². The number of piperidine rings is 1. The molecule has 0 spiro atoms. The Bertz CT molecular complexity index is 775. The molecule has 1 saturated heterocycles. The molecule has 0 bridgehead atoms. The Balaban J connectivity index is 2.20. The van der Waals surface area contributed by atoms with E-state index in [2.05, 4.69) is 25.7 Å². The van der Waals surface area contributed by atoms with Crippen LogP contribution in [0.15, 0.2) is 0 Å². The maximum Gasteiger partial charge on any atom is 0.306 e. The number of β-amino-alcohol motifs (C(OH)–C–C–N with tert-alkyl or cyclic N) is 1. The summed E-state index contributed by atoms with van der Waals surface area (Å²) in [5.74, 6) is 0.584. The van der Waals surface area contributed by atoms with Crippen LogP contribution < -0.4 is 0 Å². The van der Waals surface area contributed by atoms with Crippen LogP contribution in [0.5, 0.6) is 0 Å². The number of likely N-dealkylation sites (tertiary alicyclic amines) is 1. The van der Waals surface area contributed by atoms with Gasteiger partial charge in [0.15, 0.2) is 0 Å². The molecule has 1 heterocycles. The van der Waals surface area contributed by atoms with E-state index in [4.69, 9.17) is 9.47 Å². The van der Waals surface area contributed by atoms with Gasteiger partial charge in [0.25, 0.3) is 0 Å². The number of ether oxygens (including phenoxy) is 2. The van der Waals surface area contributed by atoms with Crippen molar-refractivity contribution >= 4 is 11.9 Å². The number of aliphatic hydroxyl groups is 1. The molecule has 0 amide bonds. The predicted octanol–water partition coefficient (Wildman–Crippen LogP) is 13.1. The van der Waals surface area contributed by atoms with Gasteiger partial charge in [-0.3, -0.25) is 14.5 Å². The third-order valence-corrected chi connectivity index (χ3v) is 11.5. The van der Waals surface area contributed by atoms with Crippen molar-refractivity contribution in [3.05, 3.63) is 0 Å². The molecule has 6 nitrogen and oxygen atoms in total. The summed E-state index contributed by atoms with van der Waals surface area (Å²) < 4.78 is 11.6. The molecular formula is C46H89NO5. The molecule has 1 fully saturated rings. The standard InChI is InChI=1S/C46H89NO5/c1-4-7-10-13-16-17-18-23-28-40-51-45(49)35-29-30-42-36-37-43(47(41-42)38-39-48)31-24-21-22-27-34-46(50)52-44(32-25-19-14-11-8-5-2)33-26-20-15-12-9-6-3/h42-44,48H,4-41H2,1-3H3. The summed E-state index contributed by atoms with van der Waals surface area (Å²) >= 11 is 0. The molecule has 52 heavy (non-hydrogen) atoms. The molecule has 0 aromatic carbocycles. The summed E-state index contributed by atoms with van der Waals surface area (Å²) in [4.78, 5) is 27.6. The first-order chi connectivity index (χ1) is 25.5. The van der Waals surface area contributed by atoms with Crippen molar-refractivity contribution in [2.45, 2.75) is 251 Å². The van der Waals surface area contributed by atoms with Crippen LogP contribution in [0.3, 0.4) is 0 Å². The monoisotopic (exact) mass is 736 g/mol. The van der Waals surface area contributed by atoms with Gasteiger partial charge in [-0.25, -0.2) is 0 Å². The summed E-state index contributed by atoms with van der Waals surface area (Å²) in [5.41, 5.74) is 0. The smallest absolute Gasteiger partial charge is 0.306 e. The second-order valence-electron chi connectivity index (χ2n) is 16.4. The van der Waals surface area contributed by atoms with E-state index in [1.165, 1.54) is 154 Å².